The average Bonchev–Trinajstić information content (AvgIpc) is 3.05. The van der Waals surface area contributed by atoms with Gasteiger partial charge < -0.3 is 10.6 Å². The normalized spacial score (nSPS) is 10.6. The lowest BCUT2D eigenvalue weighted by atomic mass is 10.2. The number of carbonyl (C=O) groups is 2. The molecule has 0 fully saturated rings. The minimum absolute atomic E-state index is 0.207. The van der Waals surface area contributed by atoms with Crippen LogP contribution in [0.15, 0.2) is 48.9 Å². The Bertz CT molecular complexity index is 889. The molecular weight excluding hydrogens is 318 g/mol. The Morgan fingerprint density at radius 2 is 1.88 bits per heavy atom. The van der Waals surface area contributed by atoms with E-state index in [-0.39, 0.29) is 23.3 Å². The molecule has 0 spiro atoms. The fourth-order valence-electron chi connectivity index (χ4n) is 2.45. The molecule has 0 aliphatic heterocycles. The largest absolute Gasteiger partial charge is 0.349 e. The first kappa shape index (κ1) is 16.6. The van der Waals surface area contributed by atoms with Crippen LogP contribution in [0.4, 0.5) is 0 Å². The van der Waals surface area contributed by atoms with Gasteiger partial charge in [0.25, 0.3) is 11.8 Å². The van der Waals surface area contributed by atoms with Crippen molar-refractivity contribution in [1.82, 2.24) is 25.0 Å². The minimum Gasteiger partial charge on any atom is -0.349 e. The summed E-state index contributed by atoms with van der Waals surface area (Å²) in [6.07, 6.45) is 5.89. The van der Waals surface area contributed by atoms with Crippen molar-refractivity contribution in [3.8, 4) is 0 Å². The Balaban J connectivity index is 1.85. The molecule has 0 bridgehead atoms. The predicted octanol–water partition coefficient (Wildman–Crippen LogP) is 1.80. The van der Waals surface area contributed by atoms with Gasteiger partial charge in [-0.15, -0.1) is 0 Å². The smallest absolute Gasteiger partial charge is 0.287 e. The van der Waals surface area contributed by atoms with Crippen molar-refractivity contribution in [2.75, 3.05) is 6.54 Å². The second kappa shape index (κ2) is 7.57. The molecule has 0 atom stereocenters. The first-order chi connectivity index (χ1) is 12.2. The highest BCUT2D eigenvalue weighted by Gasteiger charge is 2.20. The maximum atomic E-state index is 12.5. The lowest BCUT2D eigenvalue weighted by Crippen LogP contribution is -2.26. The van der Waals surface area contributed by atoms with Crippen molar-refractivity contribution < 1.29 is 9.59 Å². The summed E-state index contributed by atoms with van der Waals surface area (Å²) in [5, 5.41) is 5.62. The Kier molecular flexibility index (Phi) is 5.03. The van der Waals surface area contributed by atoms with Gasteiger partial charge in [-0.1, -0.05) is 13.0 Å². The second-order valence-corrected chi connectivity index (χ2v) is 5.53. The van der Waals surface area contributed by atoms with Crippen LogP contribution in [0.5, 0.6) is 0 Å². The summed E-state index contributed by atoms with van der Waals surface area (Å²) < 4.78 is 1.63. The van der Waals surface area contributed by atoms with Crippen LogP contribution in [0.25, 0.3) is 5.52 Å². The number of amides is 2. The molecule has 7 heteroatoms. The van der Waals surface area contributed by atoms with Crippen molar-refractivity contribution in [3.05, 3.63) is 66.0 Å². The van der Waals surface area contributed by atoms with Gasteiger partial charge in [-0.2, -0.15) is 0 Å². The van der Waals surface area contributed by atoms with Gasteiger partial charge in [0.2, 0.25) is 5.82 Å². The number of nitrogens with zero attached hydrogens (tertiary/aromatic N) is 3. The van der Waals surface area contributed by atoms with E-state index < -0.39 is 0 Å². The van der Waals surface area contributed by atoms with Crippen LogP contribution >= 0.6 is 0 Å². The predicted molar refractivity (Wildman–Crippen MR) is 93.2 cm³/mol. The van der Waals surface area contributed by atoms with Crippen LogP contribution in [-0.4, -0.2) is 32.7 Å². The molecule has 3 heterocycles. The van der Waals surface area contributed by atoms with Crippen molar-refractivity contribution >= 4 is 17.3 Å². The summed E-state index contributed by atoms with van der Waals surface area (Å²) in [4.78, 5) is 33.1. The van der Waals surface area contributed by atoms with Crippen LogP contribution in [0.3, 0.4) is 0 Å². The van der Waals surface area contributed by atoms with Crippen LogP contribution in [0, 0.1) is 0 Å². The van der Waals surface area contributed by atoms with Gasteiger partial charge in [0.15, 0.2) is 5.69 Å². The van der Waals surface area contributed by atoms with Gasteiger partial charge in [0.05, 0.1) is 5.52 Å². The molecule has 0 unspecified atom stereocenters. The minimum atomic E-state index is -0.324. The first-order valence-electron chi connectivity index (χ1n) is 8.13. The number of nitrogens with one attached hydrogen (secondary N) is 2. The van der Waals surface area contributed by atoms with Gasteiger partial charge in [-0.3, -0.25) is 19.0 Å². The van der Waals surface area contributed by atoms with Gasteiger partial charge in [-0.05, 0) is 36.2 Å². The molecule has 0 aliphatic rings. The van der Waals surface area contributed by atoms with Gasteiger partial charge in [0.1, 0.15) is 0 Å². The number of hydrogen-bond donors (Lipinski definition) is 2. The molecule has 2 amide bonds. The zero-order chi connectivity index (χ0) is 17.6. The molecule has 2 N–H and O–H groups in total. The van der Waals surface area contributed by atoms with E-state index in [0.717, 1.165) is 12.0 Å². The lowest BCUT2D eigenvalue weighted by Gasteiger charge is -2.03. The maximum absolute atomic E-state index is 12.5. The fourth-order valence-corrected chi connectivity index (χ4v) is 2.45. The summed E-state index contributed by atoms with van der Waals surface area (Å²) in [6, 6.07) is 9.03. The maximum Gasteiger partial charge on any atom is 0.287 e. The molecule has 0 radical (unpaired) electrons. The van der Waals surface area contributed by atoms with Crippen molar-refractivity contribution in [2.45, 2.75) is 19.9 Å². The molecule has 3 rings (SSSR count). The third-order valence-corrected chi connectivity index (χ3v) is 3.70. The average molecular weight is 337 g/mol. The van der Waals surface area contributed by atoms with Crippen molar-refractivity contribution in [1.29, 1.82) is 0 Å². The summed E-state index contributed by atoms with van der Waals surface area (Å²) >= 11 is 0. The fraction of sp³-hybridized carbons (Fsp3) is 0.222. The quantitative estimate of drug-likeness (QED) is 0.718. The highest BCUT2D eigenvalue weighted by molar-refractivity contribution is 6.02. The zero-order valence-electron chi connectivity index (χ0n) is 13.9. The lowest BCUT2D eigenvalue weighted by molar-refractivity contribution is 0.0942. The Hall–Kier alpha value is -3.22. The van der Waals surface area contributed by atoms with E-state index in [0.29, 0.717) is 18.6 Å². The van der Waals surface area contributed by atoms with Crippen molar-refractivity contribution in [2.24, 2.45) is 0 Å². The molecule has 25 heavy (non-hydrogen) atoms. The van der Waals surface area contributed by atoms with E-state index in [1.54, 1.807) is 35.1 Å². The van der Waals surface area contributed by atoms with Crippen LogP contribution in [-0.2, 0) is 6.54 Å². The number of fused-ring (bicyclic) bond motifs is 1. The molecule has 3 aromatic heterocycles. The van der Waals surface area contributed by atoms with Crippen LogP contribution < -0.4 is 10.6 Å². The molecule has 128 valence electrons. The molecule has 0 aliphatic carbocycles. The molecule has 3 aromatic rings. The number of imidazole rings is 1. The molecule has 0 saturated carbocycles. The molecule has 0 aromatic carbocycles. The van der Waals surface area contributed by atoms with E-state index in [4.69, 9.17) is 0 Å². The topological polar surface area (TPSA) is 88.4 Å². The summed E-state index contributed by atoms with van der Waals surface area (Å²) in [6.45, 7) is 2.90. The van der Waals surface area contributed by atoms with E-state index in [1.807, 2.05) is 25.1 Å². The second-order valence-electron chi connectivity index (χ2n) is 5.53. The third kappa shape index (κ3) is 3.65. The Morgan fingerprint density at radius 3 is 2.64 bits per heavy atom. The number of pyridine rings is 2. The third-order valence-electron chi connectivity index (χ3n) is 3.70. The van der Waals surface area contributed by atoms with E-state index in [2.05, 4.69) is 20.6 Å². The molecule has 0 saturated heterocycles. The number of rotatable bonds is 6. The highest BCUT2D eigenvalue weighted by atomic mass is 16.2. The zero-order valence-corrected chi connectivity index (χ0v) is 13.9. The van der Waals surface area contributed by atoms with Gasteiger partial charge in [-0.25, -0.2) is 4.98 Å². The summed E-state index contributed by atoms with van der Waals surface area (Å²) in [7, 11) is 0. The van der Waals surface area contributed by atoms with Crippen LogP contribution in [0.2, 0.25) is 0 Å². The standard InChI is InChI=1S/C18H19N5O2/c1-2-8-20-18(25)16-22-15(14-5-3-4-11-23(14)16)17(24)21-12-13-6-9-19-10-7-13/h3-7,9-11H,2,8,12H2,1H3,(H,20,25)(H,21,24). The van der Waals surface area contributed by atoms with Crippen LogP contribution in [0.1, 0.15) is 40.0 Å². The Morgan fingerprint density at radius 1 is 1.08 bits per heavy atom. The number of aromatic nitrogens is 3. The highest BCUT2D eigenvalue weighted by Crippen LogP contribution is 2.13. The van der Waals surface area contributed by atoms with E-state index >= 15 is 0 Å². The SMILES string of the molecule is CCCNC(=O)c1nc(C(=O)NCc2ccncc2)c2ccccn12. The monoisotopic (exact) mass is 337 g/mol. The first-order valence-corrected chi connectivity index (χ1v) is 8.13. The number of hydrogen-bond acceptors (Lipinski definition) is 4. The van der Waals surface area contributed by atoms with Gasteiger partial charge >= 0.3 is 0 Å². The van der Waals surface area contributed by atoms with E-state index in [1.165, 1.54) is 0 Å². The van der Waals surface area contributed by atoms with Gasteiger partial charge in [0, 0.05) is 31.7 Å². The number of carbonyl (C=O) groups excluding carboxylic acids is 2. The van der Waals surface area contributed by atoms with Crippen molar-refractivity contribution in [3.63, 3.8) is 0 Å². The summed E-state index contributed by atoms with van der Waals surface area (Å²) in [5.74, 6) is -0.413. The van der Waals surface area contributed by atoms with E-state index in [9.17, 15) is 9.59 Å². The summed E-state index contributed by atoms with van der Waals surface area (Å²) in [5.41, 5.74) is 1.76. The Labute approximate surface area is 145 Å². The molecular formula is C18H19N5O2. The molecule has 7 nitrogen and oxygen atoms in total.